The van der Waals surface area contributed by atoms with E-state index in [4.69, 9.17) is 0 Å². The van der Waals surface area contributed by atoms with Gasteiger partial charge in [-0.05, 0) is 37.7 Å². The summed E-state index contributed by atoms with van der Waals surface area (Å²) < 4.78 is 0. The molecular formula is C16H28. The predicted molar refractivity (Wildman–Crippen MR) is 74.6 cm³/mol. The largest absolute Gasteiger partial charge is 0.130 e. The van der Waals surface area contributed by atoms with Crippen LogP contribution >= 0.6 is 0 Å². The summed E-state index contributed by atoms with van der Waals surface area (Å²) in [7, 11) is 0. The first kappa shape index (κ1) is 15.3. The quantitative estimate of drug-likeness (QED) is 0.267. The highest BCUT2D eigenvalue weighted by molar-refractivity contribution is 5.06. The molecule has 0 amide bonds. The van der Waals surface area contributed by atoms with Crippen molar-refractivity contribution in [3.05, 3.63) is 30.0 Å². The fraction of sp³-hybridized carbons (Fsp3) is 0.688. The molecule has 0 aromatic rings. The van der Waals surface area contributed by atoms with E-state index in [0.29, 0.717) is 5.92 Å². The lowest BCUT2D eigenvalue weighted by Gasteiger charge is -2.12. The molecule has 0 N–H and O–H groups in total. The van der Waals surface area contributed by atoms with E-state index >= 15 is 0 Å². The Morgan fingerprint density at radius 2 is 1.81 bits per heavy atom. The zero-order chi connectivity index (χ0) is 12.4. The lowest BCUT2D eigenvalue weighted by Crippen LogP contribution is -1.97. The zero-order valence-corrected chi connectivity index (χ0v) is 11.4. The van der Waals surface area contributed by atoms with Gasteiger partial charge in [-0.25, -0.2) is 0 Å². The Morgan fingerprint density at radius 1 is 1.19 bits per heavy atom. The van der Waals surface area contributed by atoms with Crippen LogP contribution in [-0.4, -0.2) is 0 Å². The molecule has 0 rings (SSSR count). The summed E-state index contributed by atoms with van der Waals surface area (Å²) >= 11 is 0. The second-order valence-electron chi connectivity index (χ2n) is 4.90. The minimum absolute atomic E-state index is 0.569. The Labute approximate surface area is 102 Å². The van der Waals surface area contributed by atoms with Gasteiger partial charge in [0.15, 0.2) is 0 Å². The van der Waals surface area contributed by atoms with Crippen molar-refractivity contribution in [2.75, 3.05) is 0 Å². The summed E-state index contributed by atoms with van der Waals surface area (Å²) in [6, 6.07) is 0. The van der Waals surface area contributed by atoms with Crippen LogP contribution in [0.4, 0.5) is 0 Å². The zero-order valence-electron chi connectivity index (χ0n) is 11.4. The molecule has 0 nitrogen and oxygen atoms in total. The molecule has 0 aromatic carbocycles. The molecule has 0 heteroatoms. The van der Waals surface area contributed by atoms with Crippen LogP contribution in [0.5, 0.6) is 0 Å². The molecule has 0 aliphatic carbocycles. The molecule has 0 fully saturated rings. The van der Waals surface area contributed by atoms with Crippen molar-refractivity contribution in [2.24, 2.45) is 5.92 Å². The number of rotatable bonds is 9. The standard InChI is InChI=1S/C16H28/c1-6-8-9-10-11-12-16(7-2)13-15(5)14(3)4/h15H,2-3,6,8-13H2,1,4-5H3. The number of hydrogen-bond acceptors (Lipinski definition) is 0. The SMILES string of the molecule is C=C=C(CCCCCCC)CC(C)C(=C)C. The van der Waals surface area contributed by atoms with Gasteiger partial charge in [-0.15, -0.1) is 5.73 Å². The van der Waals surface area contributed by atoms with E-state index in [1.165, 1.54) is 49.7 Å². The Morgan fingerprint density at radius 3 is 2.31 bits per heavy atom. The minimum atomic E-state index is 0.569. The maximum atomic E-state index is 4.00. The van der Waals surface area contributed by atoms with Crippen LogP contribution in [-0.2, 0) is 0 Å². The van der Waals surface area contributed by atoms with E-state index in [9.17, 15) is 0 Å². The van der Waals surface area contributed by atoms with Gasteiger partial charge in [-0.2, -0.15) is 0 Å². The van der Waals surface area contributed by atoms with Crippen LogP contribution in [0, 0.1) is 5.92 Å². The van der Waals surface area contributed by atoms with E-state index in [2.05, 4.69) is 39.7 Å². The Kier molecular flexibility index (Phi) is 9.04. The molecule has 0 radical (unpaired) electrons. The Hall–Kier alpha value is -0.740. The molecule has 1 atom stereocenters. The van der Waals surface area contributed by atoms with Crippen molar-refractivity contribution in [3.63, 3.8) is 0 Å². The fourth-order valence-electron chi connectivity index (χ4n) is 1.75. The van der Waals surface area contributed by atoms with Gasteiger partial charge in [0.25, 0.3) is 0 Å². The third-order valence-corrected chi connectivity index (χ3v) is 3.23. The van der Waals surface area contributed by atoms with Gasteiger partial charge in [0.1, 0.15) is 0 Å². The average Bonchev–Trinajstić information content (AvgIpc) is 2.26. The van der Waals surface area contributed by atoms with Gasteiger partial charge >= 0.3 is 0 Å². The van der Waals surface area contributed by atoms with E-state index in [-0.39, 0.29) is 0 Å². The smallest absolute Gasteiger partial charge is 0.0181 e. The van der Waals surface area contributed by atoms with Crippen molar-refractivity contribution in [1.82, 2.24) is 0 Å². The van der Waals surface area contributed by atoms with Crippen molar-refractivity contribution in [3.8, 4) is 0 Å². The van der Waals surface area contributed by atoms with Gasteiger partial charge in [0.05, 0.1) is 0 Å². The van der Waals surface area contributed by atoms with Crippen molar-refractivity contribution < 1.29 is 0 Å². The third-order valence-electron chi connectivity index (χ3n) is 3.23. The highest BCUT2D eigenvalue weighted by Gasteiger charge is 2.05. The summed E-state index contributed by atoms with van der Waals surface area (Å²) in [6.45, 7) is 14.4. The van der Waals surface area contributed by atoms with Crippen LogP contribution in [0.25, 0.3) is 0 Å². The second kappa shape index (κ2) is 9.48. The van der Waals surface area contributed by atoms with E-state index < -0.39 is 0 Å². The van der Waals surface area contributed by atoms with E-state index in [1.54, 1.807) is 0 Å². The van der Waals surface area contributed by atoms with Crippen molar-refractivity contribution in [2.45, 2.75) is 65.7 Å². The molecule has 0 aliphatic heterocycles. The highest BCUT2D eigenvalue weighted by atomic mass is 14.1. The molecule has 0 bridgehead atoms. The van der Waals surface area contributed by atoms with Crippen LogP contribution in [0.1, 0.15) is 65.7 Å². The first-order valence-electron chi connectivity index (χ1n) is 6.65. The van der Waals surface area contributed by atoms with E-state index in [0.717, 1.165) is 6.42 Å². The van der Waals surface area contributed by atoms with Gasteiger partial charge in [0, 0.05) is 0 Å². The average molecular weight is 220 g/mol. The Bertz CT molecular complexity index is 241. The lowest BCUT2D eigenvalue weighted by atomic mass is 9.93. The molecule has 0 saturated carbocycles. The topological polar surface area (TPSA) is 0 Å². The van der Waals surface area contributed by atoms with E-state index in [1.807, 2.05) is 0 Å². The molecule has 0 aliphatic rings. The summed E-state index contributed by atoms with van der Waals surface area (Å²) in [4.78, 5) is 0. The van der Waals surface area contributed by atoms with Crippen molar-refractivity contribution >= 4 is 0 Å². The van der Waals surface area contributed by atoms with Crippen molar-refractivity contribution in [1.29, 1.82) is 0 Å². The number of hydrogen-bond donors (Lipinski definition) is 0. The monoisotopic (exact) mass is 220 g/mol. The molecule has 16 heavy (non-hydrogen) atoms. The molecule has 0 heterocycles. The molecule has 92 valence electrons. The summed E-state index contributed by atoms with van der Waals surface area (Å²) in [5.74, 6) is 0.569. The third kappa shape index (κ3) is 7.54. The molecule has 0 spiro atoms. The fourth-order valence-corrected chi connectivity index (χ4v) is 1.75. The molecule has 1 unspecified atom stereocenters. The molecular weight excluding hydrogens is 192 g/mol. The Balaban J connectivity index is 3.77. The maximum Gasteiger partial charge on any atom is -0.0181 e. The van der Waals surface area contributed by atoms with Gasteiger partial charge in [0.2, 0.25) is 0 Å². The van der Waals surface area contributed by atoms with Crippen LogP contribution in [0.3, 0.4) is 0 Å². The van der Waals surface area contributed by atoms with Crippen LogP contribution < -0.4 is 0 Å². The van der Waals surface area contributed by atoms with Gasteiger partial charge in [-0.3, -0.25) is 0 Å². The summed E-state index contributed by atoms with van der Waals surface area (Å²) in [5, 5.41) is 0. The highest BCUT2D eigenvalue weighted by Crippen LogP contribution is 2.21. The second-order valence-corrected chi connectivity index (χ2v) is 4.90. The molecule has 0 saturated heterocycles. The first-order valence-corrected chi connectivity index (χ1v) is 6.65. The summed E-state index contributed by atoms with van der Waals surface area (Å²) in [6.07, 6.45) is 8.96. The number of allylic oxidation sites excluding steroid dienone is 2. The predicted octanol–water partition coefficient (Wildman–Crippen LogP) is 5.66. The minimum Gasteiger partial charge on any atom is -0.130 e. The van der Waals surface area contributed by atoms with Crippen LogP contribution in [0.2, 0.25) is 0 Å². The molecule has 0 aromatic heterocycles. The lowest BCUT2D eigenvalue weighted by molar-refractivity contribution is 0.601. The normalized spacial score (nSPS) is 11.9. The van der Waals surface area contributed by atoms with Gasteiger partial charge < -0.3 is 0 Å². The van der Waals surface area contributed by atoms with Gasteiger partial charge in [-0.1, -0.05) is 58.3 Å². The maximum absolute atomic E-state index is 4.00. The summed E-state index contributed by atoms with van der Waals surface area (Å²) in [5.41, 5.74) is 5.75. The number of unbranched alkanes of at least 4 members (excludes halogenated alkanes) is 4. The van der Waals surface area contributed by atoms with Crippen LogP contribution in [0.15, 0.2) is 30.0 Å². The first-order chi connectivity index (χ1) is 7.61.